The topological polar surface area (TPSA) is 51.8 Å². The highest BCUT2D eigenvalue weighted by atomic mass is 14.7. The van der Waals surface area contributed by atoms with E-state index in [-0.39, 0.29) is 0 Å². The van der Waals surface area contributed by atoms with Crippen LogP contribution in [-0.4, -0.2) is 9.97 Å². The normalized spacial score (nSPS) is 8.64. The summed E-state index contributed by atoms with van der Waals surface area (Å²) in [6.45, 7) is 0.529. The Morgan fingerprint density at radius 2 is 1.64 bits per heavy atom. The van der Waals surface area contributed by atoms with E-state index in [0.29, 0.717) is 6.54 Å². The van der Waals surface area contributed by atoms with Crippen molar-refractivity contribution < 1.29 is 0 Å². The minimum Gasteiger partial charge on any atom is -0.325 e. The van der Waals surface area contributed by atoms with E-state index in [9.17, 15) is 0 Å². The van der Waals surface area contributed by atoms with Gasteiger partial charge in [-0.25, -0.2) is 0 Å². The summed E-state index contributed by atoms with van der Waals surface area (Å²) in [5.74, 6) is 0. The van der Waals surface area contributed by atoms with Gasteiger partial charge in [-0.2, -0.15) is 0 Å². The van der Waals surface area contributed by atoms with Crippen molar-refractivity contribution in [3.63, 3.8) is 0 Å². The third kappa shape index (κ3) is 4.33. The Balaban J connectivity index is 0.000000146. The fourth-order valence-electron chi connectivity index (χ4n) is 0.831. The first kappa shape index (κ1) is 10.3. The molecule has 0 aliphatic heterocycles. The third-order valence-electron chi connectivity index (χ3n) is 1.50. The Labute approximate surface area is 83.6 Å². The van der Waals surface area contributed by atoms with Gasteiger partial charge >= 0.3 is 0 Å². The van der Waals surface area contributed by atoms with Gasteiger partial charge < -0.3 is 5.73 Å². The molecule has 3 heteroatoms. The molecule has 2 aromatic heterocycles. The summed E-state index contributed by atoms with van der Waals surface area (Å²) in [6.07, 6.45) is 5.24. The maximum atomic E-state index is 5.29. The van der Waals surface area contributed by atoms with E-state index in [1.807, 2.05) is 36.4 Å². The molecule has 72 valence electrons. The van der Waals surface area contributed by atoms with Crippen LogP contribution in [0.2, 0.25) is 0 Å². The molecule has 2 N–H and O–H groups in total. The van der Waals surface area contributed by atoms with Crippen LogP contribution in [0, 0.1) is 0 Å². The molecule has 0 aromatic carbocycles. The summed E-state index contributed by atoms with van der Waals surface area (Å²) >= 11 is 0. The van der Waals surface area contributed by atoms with Gasteiger partial charge in [0, 0.05) is 25.1 Å². The Hall–Kier alpha value is -1.74. The summed E-state index contributed by atoms with van der Waals surface area (Å²) in [5, 5.41) is 0. The Morgan fingerprint density at radius 3 is 1.93 bits per heavy atom. The molecule has 2 aromatic rings. The lowest BCUT2D eigenvalue weighted by molar-refractivity contribution is 0.991. The molecule has 2 rings (SSSR count). The van der Waals surface area contributed by atoms with Gasteiger partial charge in [-0.15, -0.1) is 0 Å². The third-order valence-corrected chi connectivity index (χ3v) is 1.50. The monoisotopic (exact) mass is 187 g/mol. The highest BCUT2D eigenvalue weighted by Gasteiger charge is 1.81. The lowest BCUT2D eigenvalue weighted by Gasteiger charge is -1.89. The highest BCUT2D eigenvalue weighted by Crippen LogP contribution is 1.88. The molecule has 0 spiro atoms. The van der Waals surface area contributed by atoms with Gasteiger partial charge in [-0.3, -0.25) is 9.97 Å². The van der Waals surface area contributed by atoms with Crippen molar-refractivity contribution in [1.82, 2.24) is 9.97 Å². The van der Waals surface area contributed by atoms with Crippen LogP contribution in [0.3, 0.4) is 0 Å². The van der Waals surface area contributed by atoms with Gasteiger partial charge in [0.2, 0.25) is 0 Å². The quantitative estimate of drug-likeness (QED) is 0.738. The van der Waals surface area contributed by atoms with Gasteiger partial charge in [0.15, 0.2) is 0 Å². The Bertz CT molecular complexity index is 294. The number of hydrogen-bond acceptors (Lipinski definition) is 3. The van der Waals surface area contributed by atoms with Crippen LogP contribution in [0.4, 0.5) is 0 Å². The van der Waals surface area contributed by atoms with Gasteiger partial charge in [0.25, 0.3) is 0 Å². The zero-order valence-electron chi connectivity index (χ0n) is 7.88. The molecule has 0 saturated heterocycles. The molecule has 0 atom stereocenters. The Morgan fingerprint density at radius 1 is 0.929 bits per heavy atom. The van der Waals surface area contributed by atoms with Crippen LogP contribution in [-0.2, 0) is 6.54 Å². The van der Waals surface area contributed by atoms with E-state index in [2.05, 4.69) is 9.97 Å². The molecule has 0 aliphatic rings. The van der Waals surface area contributed by atoms with Crippen LogP contribution in [0.5, 0.6) is 0 Å². The van der Waals surface area contributed by atoms with Crippen molar-refractivity contribution in [3.05, 3.63) is 60.7 Å². The van der Waals surface area contributed by atoms with Crippen molar-refractivity contribution in [3.8, 4) is 0 Å². The molecular weight excluding hydrogens is 174 g/mol. The average molecular weight is 187 g/mol. The Kier molecular flexibility index (Phi) is 4.98. The van der Waals surface area contributed by atoms with Gasteiger partial charge in [0.1, 0.15) is 0 Å². The number of hydrogen-bond donors (Lipinski definition) is 1. The average Bonchev–Trinajstić information content (AvgIpc) is 2.33. The number of rotatable bonds is 1. The zero-order chi connectivity index (χ0) is 10.1. The lowest BCUT2D eigenvalue weighted by Crippen LogP contribution is -1.97. The molecule has 0 amide bonds. The van der Waals surface area contributed by atoms with Crippen molar-refractivity contribution >= 4 is 0 Å². The van der Waals surface area contributed by atoms with Crippen LogP contribution in [0.1, 0.15) is 5.69 Å². The zero-order valence-corrected chi connectivity index (χ0v) is 7.88. The fraction of sp³-hybridized carbons (Fsp3) is 0.0909. The molecule has 14 heavy (non-hydrogen) atoms. The first-order valence-corrected chi connectivity index (χ1v) is 4.38. The van der Waals surface area contributed by atoms with Gasteiger partial charge in [-0.05, 0) is 24.3 Å². The molecule has 0 radical (unpaired) electrons. The summed E-state index contributed by atoms with van der Waals surface area (Å²) in [6, 6.07) is 11.4. The molecule has 0 unspecified atom stereocenters. The fourth-order valence-corrected chi connectivity index (χ4v) is 0.831. The molecular formula is C11H13N3. The van der Waals surface area contributed by atoms with Crippen LogP contribution in [0.25, 0.3) is 0 Å². The van der Waals surface area contributed by atoms with Crippen molar-refractivity contribution in [2.75, 3.05) is 0 Å². The van der Waals surface area contributed by atoms with Crippen molar-refractivity contribution in [2.24, 2.45) is 5.73 Å². The highest BCUT2D eigenvalue weighted by molar-refractivity contribution is 5.02. The van der Waals surface area contributed by atoms with Crippen molar-refractivity contribution in [2.45, 2.75) is 6.54 Å². The summed E-state index contributed by atoms with van der Waals surface area (Å²) < 4.78 is 0. The molecule has 0 saturated carbocycles. The van der Waals surface area contributed by atoms with E-state index in [4.69, 9.17) is 5.73 Å². The molecule has 3 nitrogen and oxygen atoms in total. The summed E-state index contributed by atoms with van der Waals surface area (Å²) in [5.41, 5.74) is 6.22. The van der Waals surface area contributed by atoms with Crippen LogP contribution < -0.4 is 5.73 Å². The van der Waals surface area contributed by atoms with Gasteiger partial charge in [-0.1, -0.05) is 12.1 Å². The van der Waals surface area contributed by atoms with Gasteiger partial charge in [0.05, 0.1) is 5.69 Å². The second kappa shape index (κ2) is 6.74. The lowest BCUT2D eigenvalue weighted by atomic mass is 10.4. The number of pyridine rings is 2. The smallest absolute Gasteiger partial charge is 0.0539 e. The maximum Gasteiger partial charge on any atom is 0.0539 e. The first-order valence-electron chi connectivity index (χ1n) is 4.38. The van der Waals surface area contributed by atoms with Crippen LogP contribution in [0.15, 0.2) is 55.0 Å². The van der Waals surface area contributed by atoms with E-state index in [1.165, 1.54) is 0 Å². The second-order valence-corrected chi connectivity index (χ2v) is 2.55. The maximum absolute atomic E-state index is 5.29. The molecule has 0 fully saturated rings. The summed E-state index contributed by atoms with van der Waals surface area (Å²) in [4.78, 5) is 7.76. The number of nitrogens with zero attached hydrogens (tertiary/aromatic N) is 2. The minimum absolute atomic E-state index is 0.529. The van der Waals surface area contributed by atoms with Crippen molar-refractivity contribution in [1.29, 1.82) is 0 Å². The predicted octanol–water partition coefficient (Wildman–Crippen LogP) is 1.62. The second-order valence-electron chi connectivity index (χ2n) is 2.55. The molecule has 0 bridgehead atoms. The van der Waals surface area contributed by atoms with Crippen LogP contribution >= 0.6 is 0 Å². The van der Waals surface area contributed by atoms with E-state index in [1.54, 1.807) is 18.6 Å². The SMILES string of the molecule is NCc1ccccn1.c1ccncc1. The summed E-state index contributed by atoms with van der Waals surface area (Å²) in [7, 11) is 0. The standard InChI is InChI=1S/C6H8N2.C5H5N/c7-5-6-3-1-2-4-8-6;1-2-4-6-5-3-1/h1-4H,5,7H2;1-5H. The molecule has 0 aliphatic carbocycles. The number of aromatic nitrogens is 2. The first-order chi connectivity index (χ1) is 6.93. The predicted molar refractivity (Wildman–Crippen MR) is 56.4 cm³/mol. The largest absolute Gasteiger partial charge is 0.325 e. The van der Waals surface area contributed by atoms with E-state index >= 15 is 0 Å². The minimum atomic E-state index is 0.529. The van der Waals surface area contributed by atoms with E-state index < -0.39 is 0 Å². The number of nitrogens with two attached hydrogens (primary N) is 1. The van der Waals surface area contributed by atoms with E-state index in [0.717, 1.165) is 5.69 Å². The molecule has 2 heterocycles.